The molecule has 0 spiro atoms. The van der Waals surface area contributed by atoms with Crippen LogP contribution in [0, 0.1) is 20.8 Å². The summed E-state index contributed by atoms with van der Waals surface area (Å²) in [5.74, 6) is 0.150. The maximum absolute atomic E-state index is 13.2. The van der Waals surface area contributed by atoms with Gasteiger partial charge < -0.3 is 4.52 Å². The van der Waals surface area contributed by atoms with Crippen molar-refractivity contribution in [1.29, 1.82) is 0 Å². The number of rotatable bonds is 6. The fourth-order valence-electron chi connectivity index (χ4n) is 3.47. The maximum atomic E-state index is 13.2. The van der Waals surface area contributed by atoms with Crippen molar-refractivity contribution >= 4 is 20.3 Å². The summed E-state index contributed by atoms with van der Waals surface area (Å²) in [4.78, 5) is 26.2. The first-order chi connectivity index (χ1) is 13.4. The van der Waals surface area contributed by atoms with Crippen molar-refractivity contribution in [1.82, 2.24) is 0 Å². The van der Waals surface area contributed by atoms with Crippen LogP contribution in [-0.2, 0) is 4.57 Å². The molecule has 0 fully saturated rings. The Hall–Kier alpha value is -3.10. The summed E-state index contributed by atoms with van der Waals surface area (Å²) in [7, 11) is -0.447. The highest BCUT2D eigenvalue weighted by Gasteiger charge is 2.22. The molecule has 0 radical (unpaired) electrons. The molecule has 0 aliphatic rings. The number of carbonyl (C=O) groups is 2. The third-order valence-corrected chi connectivity index (χ3v) is 5.01. The number of aryl methyl sites for hydroxylation is 2. The average molecular weight is 390 g/mol. The average Bonchev–Trinajstić information content (AvgIpc) is 2.69. The monoisotopic (exact) mass is 390 g/mol. The van der Waals surface area contributed by atoms with Crippen LogP contribution in [0.4, 0.5) is 0 Å². The van der Waals surface area contributed by atoms with Crippen molar-refractivity contribution < 1.29 is 18.7 Å². The Morgan fingerprint density at radius 2 is 1.25 bits per heavy atom. The van der Waals surface area contributed by atoms with Gasteiger partial charge in [-0.15, -0.1) is 0 Å². The van der Waals surface area contributed by atoms with Crippen LogP contribution < -0.4 is 4.52 Å². The smallest absolute Gasteiger partial charge is 0.395 e. The second-order valence-corrected chi connectivity index (χ2v) is 6.93. The van der Waals surface area contributed by atoms with Crippen LogP contribution in [0.2, 0.25) is 0 Å². The Morgan fingerprint density at radius 1 is 0.750 bits per heavy atom. The van der Waals surface area contributed by atoms with E-state index >= 15 is 0 Å². The largest absolute Gasteiger partial charge is 0.408 e. The quantitative estimate of drug-likeness (QED) is 0.403. The molecule has 0 saturated heterocycles. The zero-order valence-corrected chi connectivity index (χ0v) is 16.7. The molecule has 0 heterocycles. The fraction of sp³-hybridized carbons (Fsp3) is 0.130. The number of benzene rings is 3. The Morgan fingerprint density at radius 3 is 1.75 bits per heavy atom. The molecule has 0 aromatic heterocycles. The highest BCUT2D eigenvalue weighted by atomic mass is 31.1. The minimum atomic E-state index is -0.447. The van der Waals surface area contributed by atoms with Crippen LogP contribution in [0.1, 0.15) is 48.5 Å². The van der Waals surface area contributed by atoms with Gasteiger partial charge in [-0.05, 0) is 61.7 Å². The Labute approximate surface area is 165 Å². The van der Waals surface area contributed by atoms with Gasteiger partial charge in [0.2, 0.25) is 0 Å². The molecule has 0 atom stereocenters. The summed E-state index contributed by atoms with van der Waals surface area (Å²) >= 11 is 0. The molecule has 0 saturated carbocycles. The van der Waals surface area contributed by atoms with E-state index in [0.29, 0.717) is 33.6 Å². The maximum Gasteiger partial charge on any atom is 0.395 e. The summed E-state index contributed by atoms with van der Waals surface area (Å²) in [6.45, 7) is 5.58. The molecule has 0 aliphatic heterocycles. The number of carbonyl (C=O) groups excluding carboxylic acids is 2. The van der Waals surface area contributed by atoms with E-state index in [1.54, 1.807) is 36.4 Å². The lowest BCUT2D eigenvalue weighted by Gasteiger charge is -2.16. The van der Waals surface area contributed by atoms with Gasteiger partial charge in [0.1, 0.15) is 5.75 Å². The molecule has 0 N–H and O–H groups in total. The molecule has 4 nitrogen and oxygen atoms in total. The fourth-order valence-corrected chi connectivity index (χ4v) is 3.68. The van der Waals surface area contributed by atoms with E-state index in [9.17, 15) is 14.2 Å². The highest BCUT2D eigenvalue weighted by molar-refractivity contribution is 7.17. The van der Waals surface area contributed by atoms with Gasteiger partial charge in [0.15, 0.2) is 11.6 Å². The van der Waals surface area contributed by atoms with E-state index in [0.717, 1.165) is 11.1 Å². The topological polar surface area (TPSA) is 60.4 Å². The summed E-state index contributed by atoms with van der Waals surface area (Å²) in [6, 6.07) is 17.4. The summed E-state index contributed by atoms with van der Waals surface area (Å²) in [6.07, 6.45) is 0. The van der Waals surface area contributed by atoms with Gasteiger partial charge in [-0.3, -0.25) is 9.59 Å². The lowest BCUT2D eigenvalue weighted by atomic mass is 9.86. The van der Waals surface area contributed by atoms with Crippen LogP contribution in [0.25, 0.3) is 0 Å². The second kappa shape index (κ2) is 8.28. The first-order valence-electron chi connectivity index (χ1n) is 8.79. The predicted molar refractivity (Wildman–Crippen MR) is 109 cm³/mol. The molecular formula is C23H19O4P. The van der Waals surface area contributed by atoms with E-state index < -0.39 is 8.69 Å². The van der Waals surface area contributed by atoms with Crippen LogP contribution in [-0.4, -0.2) is 11.6 Å². The molecule has 0 unspecified atom stereocenters. The summed E-state index contributed by atoms with van der Waals surface area (Å²) in [5.41, 5.74) is 4.50. The van der Waals surface area contributed by atoms with E-state index in [4.69, 9.17) is 4.52 Å². The van der Waals surface area contributed by atoms with Crippen LogP contribution >= 0.6 is 8.69 Å². The third kappa shape index (κ3) is 3.78. The van der Waals surface area contributed by atoms with Gasteiger partial charge in [-0.2, -0.15) is 0 Å². The van der Waals surface area contributed by atoms with Gasteiger partial charge in [-0.25, -0.2) is 4.57 Å². The zero-order chi connectivity index (χ0) is 20.3. The van der Waals surface area contributed by atoms with Crippen molar-refractivity contribution in [2.24, 2.45) is 0 Å². The molecule has 28 heavy (non-hydrogen) atoms. The van der Waals surface area contributed by atoms with Crippen LogP contribution in [0.15, 0.2) is 60.7 Å². The predicted octanol–water partition coefficient (Wildman–Crippen LogP) is 5.66. The molecule has 3 rings (SSSR count). The number of hydrogen-bond acceptors (Lipinski definition) is 4. The standard InChI is InChI=1S/C23H19O4P/c1-14-13-15(2)21(23(25)18-9-11-19(12-10-18)27-28-26)16(3)20(14)22(24)17-7-5-4-6-8-17/h4-13H,1-3H3. The van der Waals surface area contributed by atoms with Crippen molar-refractivity contribution in [2.75, 3.05) is 0 Å². The minimum Gasteiger partial charge on any atom is -0.408 e. The SMILES string of the molecule is Cc1cc(C)c(C(=O)c2ccc(OP=O)cc2)c(C)c1C(=O)c1ccccc1. The zero-order valence-electron chi connectivity index (χ0n) is 15.9. The van der Waals surface area contributed by atoms with Crippen LogP contribution in [0.3, 0.4) is 0 Å². The lowest BCUT2D eigenvalue weighted by molar-refractivity contribution is 0.103. The summed E-state index contributed by atoms with van der Waals surface area (Å²) in [5, 5.41) is 0. The number of hydrogen-bond donors (Lipinski definition) is 0. The first-order valence-corrected chi connectivity index (χ1v) is 9.52. The normalized spacial score (nSPS) is 10.7. The van der Waals surface area contributed by atoms with E-state index in [2.05, 4.69) is 0 Å². The minimum absolute atomic E-state index is 0.0946. The van der Waals surface area contributed by atoms with E-state index in [-0.39, 0.29) is 11.6 Å². The van der Waals surface area contributed by atoms with Crippen LogP contribution in [0.5, 0.6) is 5.75 Å². The molecule has 3 aromatic rings. The highest BCUT2D eigenvalue weighted by Crippen LogP contribution is 2.27. The Balaban J connectivity index is 2.07. The Kier molecular flexibility index (Phi) is 5.81. The van der Waals surface area contributed by atoms with Crippen molar-refractivity contribution in [3.05, 3.63) is 99.6 Å². The van der Waals surface area contributed by atoms with Crippen molar-refractivity contribution in [2.45, 2.75) is 20.8 Å². The first kappa shape index (κ1) is 19.7. The van der Waals surface area contributed by atoms with E-state index in [1.807, 2.05) is 45.0 Å². The van der Waals surface area contributed by atoms with Gasteiger partial charge in [0.25, 0.3) is 0 Å². The van der Waals surface area contributed by atoms with Crippen molar-refractivity contribution in [3.8, 4) is 5.75 Å². The molecular weight excluding hydrogens is 371 g/mol. The second-order valence-electron chi connectivity index (χ2n) is 6.60. The van der Waals surface area contributed by atoms with Gasteiger partial charge in [-0.1, -0.05) is 36.4 Å². The third-order valence-electron chi connectivity index (χ3n) is 4.72. The van der Waals surface area contributed by atoms with Crippen molar-refractivity contribution in [3.63, 3.8) is 0 Å². The molecule has 3 aromatic carbocycles. The van der Waals surface area contributed by atoms with Gasteiger partial charge >= 0.3 is 8.69 Å². The Bertz CT molecular complexity index is 1050. The van der Waals surface area contributed by atoms with Gasteiger partial charge in [0.05, 0.1) is 0 Å². The molecule has 5 heteroatoms. The number of ketones is 2. The lowest BCUT2D eigenvalue weighted by Crippen LogP contribution is -2.13. The molecule has 0 amide bonds. The molecule has 0 aliphatic carbocycles. The molecule has 140 valence electrons. The van der Waals surface area contributed by atoms with Gasteiger partial charge in [0, 0.05) is 22.3 Å². The molecule has 0 bridgehead atoms. The van der Waals surface area contributed by atoms with E-state index in [1.165, 1.54) is 0 Å². The summed E-state index contributed by atoms with van der Waals surface area (Å²) < 4.78 is 15.4.